The summed E-state index contributed by atoms with van der Waals surface area (Å²) in [6.07, 6.45) is 11.1. The Morgan fingerprint density at radius 3 is 2.15 bits per heavy atom. The molecule has 2 heteroatoms. The fourth-order valence-electron chi connectivity index (χ4n) is 0.797. The zero-order chi connectivity index (χ0) is 10.5. The van der Waals surface area contributed by atoms with Gasteiger partial charge in [0.15, 0.2) is 0 Å². The minimum atomic E-state index is -0.833. The maximum absolute atomic E-state index is 9.00. The van der Waals surface area contributed by atoms with E-state index in [-0.39, 0.29) is 0 Å². The molecule has 0 aromatic rings. The topological polar surface area (TPSA) is 37.3 Å². The van der Waals surface area contributed by atoms with E-state index in [0.29, 0.717) is 0 Å². The van der Waals surface area contributed by atoms with Crippen molar-refractivity contribution < 1.29 is 9.90 Å². The van der Waals surface area contributed by atoms with E-state index in [4.69, 9.17) is 9.90 Å². The highest BCUT2D eigenvalue weighted by Crippen LogP contribution is 1.99. The number of allylic oxidation sites excluding steroid dienone is 2. The van der Waals surface area contributed by atoms with Crippen molar-refractivity contribution in [3.8, 4) is 0 Å². The number of carboxylic acid groups (broad SMARTS) is 1. The molecular weight excluding hydrogens is 164 g/mol. The van der Waals surface area contributed by atoms with E-state index in [9.17, 15) is 0 Å². The Morgan fingerprint density at radius 2 is 1.77 bits per heavy atom. The predicted octanol–water partition coefficient (Wildman–Crippen LogP) is 3.62. The van der Waals surface area contributed by atoms with E-state index in [1.54, 1.807) is 0 Å². The normalized spacial score (nSPS) is 9.46. The summed E-state index contributed by atoms with van der Waals surface area (Å²) in [7, 11) is 0. The van der Waals surface area contributed by atoms with Crippen LogP contribution < -0.4 is 0 Å². The van der Waals surface area contributed by atoms with Gasteiger partial charge in [-0.15, -0.1) is 0 Å². The molecule has 0 rings (SSSR count). The Bertz CT molecular complexity index is 124. The lowest BCUT2D eigenvalue weighted by atomic mass is 10.2. The minimum absolute atomic E-state index is 0.833. The molecule has 0 unspecified atom stereocenters. The summed E-state index contributed by atoms with van der Waals surface area (Å²) < 4.78 is 0. The van der Waals surface area contributed by atoms with Crippen LogP contribution in [-0.4, -0.2) is 11.1 Å². The molecule has 0 aliphatic heterocycles. The van der Waals surface area contributed by atoms with Crippen molar-refractivity contribution in [2.75, 3.05) is 0 Å². The van der Waals surface area contributed by atoms with Crippen molar-refractivity contribution >= 4 is 5.97 Å². The molecule has 0 aliphatic rings. The zero-order valence-corrected chi connectivity index (χ0v) is 9.05. The monoisotopic (exact) mass is 186 g/mol. The van der Waals surface area contributed by atoms with Gasteiger partial charge in [0.1, 0.15) is 0 Å². The molecule has 0 saturated carbocycles. The van der Waals surface area contributed by atoms with E-state index in [1.165, 1.54) is 32.1 Å². The van der Waals surface area contributed by atoms with E-state index in [2.05, 4.69) is 26.0 Å². The highest BCUT2D eigenvalue weighted by Gasteiger charge is 1.79. The van der Waals surface area contributed by atoms with Crippen molar-refractivity contribution in [1.29, 1.82) is 0 Å². The number of hydrogen-bond donors (Lipinski definition) is 1. The molecule has 1 N–H and O–H groups in total. The van der Waals surface area contributed by atoms with Crippen LogP contribution in [0.2, 0.25) is 0 Å². The smallest absolute Gasteiger partial charge is 0.300 e. The Morgan fingerprint density at radius 1 is 1.23 bits per heavy atom. The highest BCUT2D eigenvalue weighted by atomic mass is 16.4. The Labute approximate surface area is 81.7 Å². The summed E-state index contributed by atoms with van der Waals surface area (Å²) >= 11 is 0. The van der Waals surface area contributed by atoms with Crippen LogP contribution in [0.25, 0.3) is 0 Å². The second-order valence-electron chi connectivity index (χ2n) is 2.89. The average Bonchev–Trinajstić information content (AvgIpc) is 2.03. The minimum Gasteiger partial charge on any atom is -0.481 e. The predicted molar refractivity (Wildman–Crippen MR) is 56.9 cm³/mol. The molecule has 13 heavy (non-hydrogen) atoms. The lowest BCUT2D eigenvalue weighted by Gasteiger charge is -1.89. The molecule has 0 atom stereocenters. The second kappa shape index (κ2) is 13.8. The molecule has 0 aromatic heterocycles. The molecule has 2 nitrogen and oxygen atoms in total. The Hall–Kier alpha value is -0.790. The van der Waals surface area contributed by atoms with E-state index in [1.807, 2.05) is 0 Å². The van der Waals surface area contributed by atoms with Gasteiger partial charge in [0.05, 0.1) is 0 Å². The van der Waals surface area contributed by atoms with Crippen molar-refractivity contribution in [2.45, 2.75) is 52.9 Å². The number of rotatable bonds is 5. The molecule has 0 bridgehead atoms. The quantitative estimate of drug-likeness (QED) is 0.526. The van der Waals surface area contributed by atoms with Gasteiger partial charge in [0, 0.05) is 6.92 Å². The first-order valence-corrected chi connectivity index (χ1v) is 4.99. The molecule has 0 heterocycles. The van der Waals surface area contributed by atoms with Crippen LogP contribution in [0.15, 0.2) is 12.2 Å². The van der Waals surface area contributed by atoms with E-state index >= 15 is 0 Å². The zero-order valence-electron chi connectivity index (χ0n) is 9.05. The number of aliphatic carboxylic acids is 1. The largest absolute Gasteiger partial charge is 0.481 e. The fraction of sp³-hybridized carbons (Fsp3) is 0.727. The first-order chi connectivity index (χ1) is 6.15. The first kappa shape index (κ1) is 14.7. The van der Waals surface area contributed by atoms with Crippen LogP contribution in [0.1, 0.15) is 52.9 Å². The summed E-state index contributed by atoms with van der Waals surface area (Å²) in [6, 6.07) is 0. The molecule has 0 radical (unpaired) electrons. The van der Waals surface area contributed by atoms with Crippen molar-refractivity contribution in [2.24, 2.45) is 0 Å². The van der Waals surface area contributed by atoms with Crippen molar-refractivity contribution in [1.82, 2.24) is 0 Å². The van der Waals surface area contributed by atoms with Gasteiger partial charge in [0.2, 0.25) is 0 Å². The molecule has 0 aromatic carbocycles. The molecule has 0 fully saturated rings. The van der Waals surface area contributed by atoms with Gasteiger partial charge < -0.3 is 5.11 Å². The standard InChI is InChI=1S/C9H18.C2H4O2/c1-3-5-7-9-8-6-4-2;1-2(3)4/h5,7H,3-4,6,8-9H2,1-2H3;1H3,(H,3,4)/b7-5-;. The summed E-state index contributed by atoms with van der Waals surface area (Å²) in [5.41, 5.74) is 0. The van der Waals surface area contributed by atoms with Crippen LogP contribution in [-0.2, 0) is 4.79 Å². The molecule has 0 aliphatic carbocycles. The van der Waals surface area contributed by atoms with Crippen LogP contribution in [0, 0.1) is 0 Å². The lowest BCUT2D eigenvalue weighted by Crippen LogP contribution is -1.78. The molecule has 78 valence electrons. The second-order valence-corrected chi connectivity index (χ2v) is 2.89. The van der Waals surface area contributed by atoms with E-state index in [0.717, 1.165) is 6.92 Å². The highest BCUT2D eigenvalue weighted by molar-refractivity contribution is 5.62. The van der Waals surface area contributed by atoms with Crippen LogP contribution >= 0.6 is 0 Å². The molecular formula is C11H22O2. The maximum Gasteiger partial charge on any atom is 0.300 e. The van der Waals surface area contributed by atoms with Gasteiger partial charge in [-0.1, -0.05) is 38.8 Å². The lowest BCUT2D eigenvalue weighted by molar-refractivity contribution is -0.134. The van der Waals surface area contributed by atoms with Gasteiger partial charge in [0.25, 0.3) is 5.97 Å². The average molecular weight is 186 g/mol. The van der Waals surface area contributed by atoms with Gasteiger partial charge >= 0.3 is 0 Å². The summed E-state index contributed by atoms with van der Waals surface area (Å²) in [5, 5.41) is 7.42. The van der Waals surface area contributed by atoms with Crippen LogP contribution in [0.3, 0.4) is 0 Å². The summed E-state index contributed by atoms with van der Waals surface area (Å²) in [4.78, 5) is 9.00. The fourth-order valence-corrected chi connectivity index (χ4v) is 0.797. The third-order valence-corrected chi connectivity index (χ3v) is 1.38. The SMILES string of the molecule is CC(=O)O.CC/C=C\CCCCC. The van der Waals surface area contributed by atoms with Gasteiger partial charge in [-0.05, 0) is 19.3 Å². The van der Waals surface area contributed by atoms with Gasteiger partial charge in [-0.2, -0.15) is 0 Å². The van der Waals surface area contributed by atoms with Gasteiger partial charge in [-0.25, -0.2) is 0 Å². The third kappa shape index (κ3) is 35.0. The molecule has 0 amide bonds. The molecule has 0 saturated heterocycles. The number of unbranched alkanes of at least 4 members (excludes halogenated alkanes) is 3. The molecule has 0 spiro atoms. The van der Waals surface area contributed by atoms with Gasteiger partial charge in [-0.3, -0.25) is 4.79 Å². The number of carboxylic acids is 1. The summed E-state index contributed by atoms with van der Waals surface area (Å²) in [5.74, 6) is -0.833. The Kier molecular flexibility index (Phi) is 15.6. The Balaban J connectivity index is 0. The van der Waals surface area contributed by atoms with Crippen molar-refractivity contribution in [3.05, 3.63) is 12.2 Å². The van der Waals surface area contributed by atoms with Crippen molar-refractivity contribution in [3.63, 3.8) is 0 Å². The third-order valence-electron chi connectivity index (χ3n) is 1.38. The number of hydrogen-bond acceptors (Lipinski definition) is 1. The summed E-state index contributed by atoms with van der Waals surface area (Å²) in [6.45, 7) is 5.50. The van der Waals surface area contributed by atoms with Crippen LogP contribution in [0.5, 0.6) is 0 Å². The van der Waals surface area contributed by atoms with Crippen LogP contribution in [0.4, 0.5) is 0 Å². The van der Waals surface area contributed by atoms with E-state index < -0.39 is 5.97 Å². The number of carbonyl (C=O) groups is 1. The maximum atomic E-state index is 9.00. The first-order valence-electron chi connectivity index (χ1n) is 4.99.